The molecule has 0 bridgehead atoms. The fourth-order valence-electron chi connectivity index (χ4n) is 5.57. The molecule has 0 unspecified atom stereocenters. The highest BCUT2D eigenvalue weighted by Crippen LogP contribution is 2.31. The fourth-order valence-corrected chi connectivity index (χ4v) is 7.65. The van der Waals surface area contributed by atoms with Crippen molar-refractivity contribution in [1.82, 2.24) is 0 Å². The molecule has 238 valence electrons. The number of aryl methyl sites for hydroxylation is 2. The van der Waals surface area contributed by atoms with Crippen molar-refractivity contribution >= 4 is 66.3 Å². The Morgan fingerprint density at radius 3 is 1.44 bits per heavy atom. The van der Waals surface area contributed by atoms with Crippen molar-refractivity contribution in [3.05, 3.63) is 118 Å². The third kappa shape index (κ3) is 6.08. The molecule has 48 heavy (non-hydrogen) atoms. The molecule has 2 N–H and O–H groups in total. The van der Waals surface area contributed by atoms with Crippen LogP contribution in [0.4, 0.5) is 11.4 Å². The Hall–Kier alpha value is -5.32. The highest BCUT2D eigenvalue weighted by Gasteiger charge is 2.18. The van der Waals surface area contributed by atoms with Gasteiger partial charge in [0, 0.05) is 75.0 Å². The highest BCUT2D eigenvalue weighted by atomic mass is 32.1. The van der Waals surface area contributed by atoms with Crippen molar-refractivity contribution in [3.8, 4) is 21.1 Å². The highest BCUT2D eigenvalue weighted by molar-refractivity contribution is 7.21. The molecule has 3 aromatic rings. The van der Waals surface area contributed by atoms with Gasteiger partial charge in [0.05, 0.1) is 10.7 Å². The average Bonchev–Trinajstić information content (AvgIpc) is 3.06. The van der Waals surface area contributed by atoms with Crippen LogP contribution >= 0.6 is 22.7 Å². The SMILES string of the molecule is Cc1cc2[nH+]c3ccc(N(C)C)cc3sc-2cc1=NC(=O)c1cccc(C(=O)N=c2cc3sc4cc(N(C)C)ccc4[nH+]c-3cc2C)c1. The number of fused-ring (bicyclic) bond motifs is 4. The molecule has 0 aromatic heterocycles. The first-order chi connectivity index (χ1) is 23.0. The number of nitrogens with zero attached hydrogens (tertiary/aromatic N) is 4. The van der Waals surface area contributed by atoms with Gasteiger partial charge in [0.2, 0.25) is 22.4 Å². The molecule has 4 aliphatic rings. The lowest BCUT2D eigenvalue weighted by Crippen LogP contribution is -2.17. The van der Waals surface area contributed by atoms with Crippen molar-refractivity contribution in [1.29, 1.82) is 0 Å². The van der Waals surface area contributed by atoms with E-state index in [4.69, 9.17) is 0 Å². The number of hydrogen-bond donors (Lipinski definition) is 0. The second kappa shape index (κ2) is 12.4. The van der Waals surface area contributed by atoms with Gasteiger partial charge in [-0.3, -0.25) is 9.59 Å². The molecule has 2 heterocycles. The molecule has 0 spiro atoms. The molecule has 0 radical (unpaired) electrons. The molecular formula is C38H34N6O2S2+2. The van der Waals surface area contributed by atoms with Crippen LogP contribution in [0.1, 0.15) is 31.8 Å². The molecular weight excluding hydrogens is 637 g/mol. The Labute approximate surface area is 285 Å². The van der Waals surface area contributed by atoms with Gasteiger partial charge in [-0.1, -0.05) is 6.07 Å². The molecule has 0 saturated carbocycles. The summed E-state index contributed by atoms with van der Waals surface area (Å²) in [6, 6.07) is 27.2. The normalized spacial score (nSPS) is 12.4. The molecule has 2 aliphatic heterocycles. The molecule has 8 nitrogen and oxygen atoms in total. The molecule has 0 atom stereocenters. The summed E-state index contributed by atoms with van der Waals surface area (Å²) in [4.78, 5) is 48.9. The van der Waals surface area contributed by atoms with Gasteiger partial charge < -0.3 is 9.80 Å². The number of benzene rings is 5. The maximum Gasteiger partial charge on any atom is 0.277 e. The summed E-state index contributed by atoms with van der Waals surface area (Å²) < 4.78 is 2.22. The number of nitrogens with one attached hydrogen (secondary N) is 2. The van der Waals surface area contributed by atoms with Gasteiger partial charge in [-0.2, -0.15) is 0 Å². The van der Waals surface area contributed by atoms with Gasteiger partial charge in [-0.25, -0.2) is 20.0 Å². The van der Waals surface area contributed by atoms with Gasteiger partial charge in [0.25, 0.3) is 11.8 Å². The van der Waals surface area contributed by atoms with Crippen LogP contribution in [0.25, 0.3) is 41.6 Å². The van der Waals surface area contributed by atoms with Crippen LogP contribution in [0.2, 0.25) is 0 Å². The van der Waals surface area contributed by atoms with Gasteiger partial charge in [0.1, 0.15) is 19.2 Å². The minimum atomic E-state index is -0.417. The Kier molecular flexibility index (Phi) is 8.06. The second-order valence-electron chi connectivity index (χ2n) is 12.3. The zero-order valence-corrected chi connectivity index (χ0v) is 29.1. The summed E-state index contributed by atoms with van der Waals surface area (Å²) in [5.74, 6) is -0.833. The number of amides is 2. The summed E-state index contributed by atoms with van der Waals surface area (Å²) >= 11 is 3.30. The van der Waals surface area contributed by atoms with E-state index in [-0.39, 0.29) is 0 Å². The van der Waals surface area contributed by atoms with Crippen LogP contribution in [0, 0.1) is 13.8 Å². The van der Waals surface area contributed by atoms with E-state index in [1.54, 1.807) is 46.9 Å². The lowest BCUT2D eigenvalue weighted by atomic mass is 10.1. The minimum Gasteiger partial charge on any atom is -0.378 e. The minimum absolute atomic E-state index is 0.329. The summed E-state index contributed by atoms with van der Waals surface area (Å²) in [7, 11) is 8.08. The van der Waals surface area contributed by atoms with Crippen molar-refractivity contribution in [2.24, 2.45) is 9.98 Å². The number of aromatic nitrogens is 2. The summed E-state index contributed by atoms with van der Waals surface area (Å²) in [5.41, 5.74) is 8.71. The van der Waals surface area contributed by atoms with Crippen LogP contribution in [-0.4, -0.2) is 40.0 Å². The molecule has 10 heteroatoms. The van der Waals surface area contributed by atoms with Gasteiger partial charge in [-0.15, -0.1) is 22.7 Å². The van der Waals surface area contributed by atoms with Gasteiger partial charge >= 0.3 is 0 Å². The van der Waals surface area contributed by atoms with E-state index in [0.29, 0.717) is 21.8 Å². The predicted molar refractivity (Wildman–Crippen MR) is 194 cm³/mol. The fraction of sp³-hybridized carbons (Fsp3) is 0.158. The van der Waals surface area contributed by atoms with E-state index < -0.39 is 11.8 Å². The first kappa shape index (κ1) is 31.3. The molecule has 2 amide bonds. The lowest BCUT2D eigenvalue weighted by molar-refractivity contribution is -0.330. The van der Waals surface area contributed by atoms with Crippen LogP contribution in [0.3, 0.4) is 0 Å². The van der Waals surface area contributed by atoms with Crippen molar-refractivity contribution in [2.45, 2.75) is 13.8 Å². The van der Waals surface area contributed by atoms with E-state index in [1.807, 2.05) is 66.3 Å². The van der Waals surface area contributed by atoms with Crippen LogP contribution in [0.15, 0.2) is 94.9 Å². The van der Waals surface area contributed by atoms with E-state index in [2.05, 4.69) is 66.2 Å². The maximum atomic E-state index is 13.4. The lowest BCUT2D eigenvalue weighted by Gasteiger charge is -2.12. The molecule has 3 aromatic carbocycles. The first-order valence-corrected chi connectivity index (χ1v) is 17.1. The van der Waals surface area contributed by atoms with E-state index in [0.717, 1.165) is 64.1 Å². The third-order valence-electron chi connectivity index (χ3n) is 8.34. The topological polar surface area (TPSA) is 93.6 Å². The standard InChI is InChI=1S/C38H32N6O2S2/c1-21-14-31-35(47-33-17-25(43(3)4)10-12-27(33)39-31)19-29(21)41-37(45)23-8-7-9-24(16-23)38(46)42-30-20-36-32(15-22(30)2)40-28-13-11-26(44(5)6)18-34(28)48-36/h7-20H,1-6H3/p+2. The van der Waals surface area contributed by atoms with E-state index >= 15 is 0 Å². The predicted octanol–water partition coefficient (Wildman–Crippen LogP) is 6.18. The molecule has 0 fully saturated rings. The number of carbonyl (C=O) groups is 2. The van der Waals surface area contributed by atoms with Gasteiger partial charge in [-0.05, 0) is 79.6 Å². The number of aromatic amines is 2. The Morgan fingerprint density at radius 2 is 1.02 bits per heavy atom. The zero-order valence-electron chi connectivity index (χ0n) is 27.5. The largest absolute Gasteiger partial charge is 0.378 e. The Balaban J connectivity index is 1.21. The van der Waals surface area contributed by atoms with Crippen LogP contribution in [0.5, 0.6) is 0 Å². The molecule has 0 saturated heterocycles. The Morgan fingerprint density at radius 1 is 0.583 bits per heavy atom. The summed E-state index contributed by atoms with van der Waals surface area (Å²) in [6.45, 7) is 3.88. The summed E-state index contributed by atoms with van der Waals surface area (Å²) in [5, 5.41) is 1.19. The van der Waals surface area contributed by atoms with Crippen LogP contribution < -0.4 is 30.5 Å². The monoisotopic (exact) mass is 670 g/mol. The average molecular weight is 671 g/mol. The third-order valence-corrected chi connectivity index (χ3v) is 10.6. The van der Waals surface area contributed by atoms with Crippen LogP contribution in [-0.2, 0) is 0 Å². The number of anilines is 2. The molecule has 2 aliphatic carbocycles. The summed E-state index contributed by atoms with van der Waals surface area (Å²) in [6.07, 6.45) is 0. The van der Waals surface area contributed by atoms with Gasteiger partial charge in [0.15, 0.2) is 0 Å². The van der Waals surface area contributed by atoms with Crippen molar-refractivity contribution in [2.75, 3.05) is 38.0 Å². The number of rotatable bonds is 4. The smallest absolute Gasteiger partial charge is 0.277 e. The maximum absolute atomic E-state index is 13.4. The van der Waals surface area contributed by atoms with Crippen molar-refractivity contribution in [3.63, 3.8) is 0 Å². The second-order valence-corrected chi connectivity index (χ2v) is 14.5. The van der Waals surface area contributed by atoms with E-state index in [9.17, 15) is 9.59 Å². The Bertz CT molecular complexity index is 2330. The van der Waals surface area contributed by atoms with Crippen molar-refractivity contribution < 1.29 is 19.6 Å². The quantitative estimate of drug-likeness (QED) is 0.209. The first-order valence-electron chi connectivity index (χ1n) is 15.5. The van der Waals surface area contributed by atoms with E-state index in [1.165, 1.54) is 0 Å². The number of H-pyrrole nitrogens is 2. The zero-order chi connectivity index (χ0) is 33.7. The number of hydrogen-bond acceptors (Lipinski definition) is 6. The number of carbonyl (C=O) groups excluding carboxylic acids is 2. The molecule has 7 rings (SSSR count).